The quantitative estimate of drug-likeness (QED) is 0.915. The van der Waals surface area contributed by atoms with Crippen molar-refractivity contribution >= 4 is 15.9 Å². The number of aryl methyl sites for hydroxylation is 1. The molecule has 1 aromatic carbocycles. The standard InChI is InChI=1S/C13H19BrN2/c1-11-2-3-13(14)12(10-11)4-7-16-8-5-15-6-9-16/h2-3,10,15H,4-9H2,1H3. The van der Waals surface area contributed by atoms with E-state index < -0.39 is 0 Å². The minimum atomic E-state index is 1.13. The third-order valence-electron chi connectivity index (χ3n) is 3.11. The predicted molar refractivity (Wildman–Crippen MR) is 71.9 cm³/mol. The number of benzene rings is 1. The number of piperazine rings is 1. The maximum absolute atomic E-state index is 3.62. The van der Waals surface area contributed by atoms with Crippen molar-refractivity contribution in [3.63, 3.8) is 0 Å². The van der Waals surface area contributed by atoms with Crippen LogP contribution >= 0.6 is 15.9 Å². The topological polar surface area (TPSA) is 15.3 Å². The third-order valence-corrected chi connectivity index (χ3v) is 3.88. The number of nitrogens with one attached hydrogen (secondary N) is 1. The van der Waals surface area contributed by atoms with Crippen LogP contribution in [0.15, 0.2) is 22.7 Å². The second-order valence-corrected chi connectivity index (χ2v) is 5.29. The van der Waals surface area contributed by atoms with E-state index >= 15 is 0 Å². The van der Waals surface area contributed by atoms with Crippen LogP contribution in [-0.2, 0) is 6.42 Å². The van der Waals surface area contributed by atoms with Crippen molar-refractivity contribution in [2.75, 3.05) is 32.7 Å². The third kappa shape index (κ3) is 3.30. The van der Waals surface area contributed by atoms with Gasteiger partial charge in [0.1, 0.15) is 0 Å². The maximum Gasteiger partial charge on any atom is 0.0207 e. The summed E-state index contributed by atoms with van der Waals surface area (Å²) in [5.74, 6) is 0. The van der Waals surface area contributed by atoms with E-state index in [0.717, 1.165) is 19.5 Å². The van der Waals surface area contributed by atoms with Crippen LogP contribution in [0.2, 0.25) is 0 Å². The summed E-state index contributed by atoms with van der Waals surface area (Å²) in [6.07, 6.45) is 1.14. The fourth-order valence-electron chi connectivity index (χ4n) is 2.11. The number of hydrogen-bond acceptors (Lipinski definition) is 2. The lowest BCUT2D eigenvalue weighted by atomic mass is 10.1. The van der Waals surface area contributed by atoms with Crippen LogP contribution in [-0.4, -0.2) is 37.6 Å². The summed E-state index contributed by atoms with van der Waals surface area (Å²) in [6.45, 7) is 7.96. The van der Waals surface area contributed by atoms with Gasteiger partial charge in [-0.25, -0.2) is 0 Å². The molecule has 2 nitrogen and oxygen atoms in total. The summed E-state index contributed by atoms with van der Waals surface area (Å²) in [5.41, 5.74) is 2.78. The molecule has 0 bridgehead atoms. The Morgan fingerprint density at radius 2 is 2.06 bits per heavy atom. The molecule has 0 aromatic heterocycles. The van der Waals surface area contributed by atoms with Crippen LogP contribution in [0.4, 0.5) is 0 Å². The van der Waals surface area contributed by atoms with E-state index in [9.17, 15) is 0 Å². The molecule has 1 aliphatic rings. The van der Waals surface area contributed by atoms with Crippen LogP contribution < -0.4 is 5.32 Å². The van der Waals surface area contributed by atoms with E-state index in [-0.39, 0.29) is 0 Å². The molecule has 88 valence electrons. The highest BCUT2D eigenvalue weighted by molar-refractivity contribution is 9.10. The van der Waals surface area contributed by atoms with E-state index in [4.69, 9.17) is 0 Å². The number of hydrogen-bond donors (Lipinski definition) is 1. The smallest absolute Gasteiger partial charge is 0.0207 e. The number of halogens is 1. The molecular weight excluding hydrogens is 264 g/mol. The lowest BCUT2D eigenvalue weighted by molar-refractivity contribution is 0.244. The Hall–Kier alpha value is -0.380. The van der Waals surface area contributed by atoms with Crippen molar-refractivity contribution in [2.45, 2.75) is 13.3 Å². The Labute approximate surface area is 106 Å². The summed E-state index contributed by atoms with van der Waals surface area (Å²) in [7, 11) is 0. The van der Waals surface area contributed by atoms with Crippen molar-refractivity contribution in [3.05, 3.63) is 33.8 Å². The first kappa shape index (κ1) is 12.1. The maximum atomic E-state index is 3.62. The number of rotatable bonds is 3. The average Bonchev–Trinajstić information content (AvgIpc) is 2.32. The fraction of sp³-hybridized carbons (Fsp3) is 0.538. The Kier molecular flexibility index (Phi) is 4.38. The summed E-state index contributed by atoms with van der Waals surface area (Å²) in [4.78, 5) is 2.53. The molecule has 1 heterocycles. The lowest BCUT2D eigenvalue weighted by Gasteiger charge is -2.27. The summed E-state index contributed by atoms with van der Waals surface area (Å²) >= 11 is 3.62. The fourth-order valence-corrected chi connectivity index (χ4v) is 2.55. The average molecular weight is 283 g/mol. The van der Waals surface area contributed by atoms with Gasteiger partial charge >= 0.3 is 0 Å². The first-order chi connectivity index (χ1) is 7.75. The Morgan fingerprint density at radius 3 is 2.81 bits per heavy atom. The van der Waals surface area contributed by atoms with Gasteiger partial charge in [0.25, 0.3) is 0 Å². The van der Waals surface area contributed by atoms with E-state index in [2.05, 4.69) is 51.3 Å². The second-order valence-electron chi connectivity index (χ2n) is 4.44. The second kappa shape index (κ2) is 5.80. The van der Waals surface area contributed by atoms with Gasteiger partial charge in [-0.2, -0.15) is 0 Å². The summed E-state index contributed by atoms with van der Waals surface area (Å²) < 4.78 is 1.24. The highest BCUT2D eigenvalue weighted by Crippen LogP contribution is 2.18. The zero-order valence-electron chi connectivity index (χ0n) is 9.80. The molecule has 1 fully saturated rings. The predicted octanol–water partition coefficient (Wildman–Crippen LogP) is 2.21. The van der Waals surface area contributed by atoms with Crippen molar-refractivity contribution < 1.29 is 0 Å². The molecule has 0 radical (unpaired) electrons. The van der Waals surface area contributed by atoms with Gasteiger partial charge in [-0.05, 0) is 25.0 Å². The molecule has 16 heavy (non-hydrogen) atoms. The van der Waals surface area contributed by atoms with Crippen molar-refractivity contribution in [2.24, 2.45) is 0 Å². The van der Waals surface area contributed by atoms with E-state index in [0.29, 0.717) is 0 Å². The molecule has 0 saturated carbocycles. The van der Waals surface area contributed by atoms with E-state index in [1.54, 1.807) is 0 Å². The summed E-state index contributed by atoms with van der Waals surface area (Å²) in [5, 5.41) is 3.38. The Bertz CT molecular complexity index is 346. The highest BCUT2D eigenvalue weighted by Gasteiger charge is 2.09. The Morgan fingerprint density at radius 1 is 1.31 bits per heavy atom. The normalized spacial score (nSPS) is 17.6. The minimum Gasteiger partial charge on any atom is -0.314 e. The highest BCUT2D eigenvalue weighted by atomic mass is 79.9. The number of nitrogens with zero attached hydrogens (tertiary/aromatic N) is 1. The first-order valence-electron chi connectivity index (χ1n) is 5.94. The molecule has 1 N–H and O–H groups in total. The SMILES string of the molecule is Cc1ccc(Br)c(CCN2CCNCC2)c1. The van der Waals surface area contributed by atoms with Crippen molar-refractivity contribution in [1.29, 1.82) is 0 Å². The molecule has 1 aromatic rings. The molecule has 3 heteroatoms. The van der Waals surface area contributed by atoms with Crippen LogP contribution in [0, 0.1) is 6.92 Å². The zero-order valence-corrected chi connectivity index (χ0v) is 11.4. The Balaban J connectivity index is 1.90. The van der Waals surface area contributed by atoms with Crippen LogP contribution in [0.3, 0.4) is 0 Å². The molecule has 0 aliphatic carbocycles. The molecule has 1 saturated heterocycles. The van der Waals surface area contributed by atoms with Crippen LogP contribution in [0.5, 0.6) is 0 Å². The van der Waals surface area contributed by atoms with Gasteiger partial charge in [-0.1, -0.05) is 33.6 Å². The van der Waals surface area contributed by atoms with Crippen molar-refractivity contribution in [1.82, 2.24) is 10.2 Å². The molecule has 0 spiro atoms. The minimum absolute atomic E-state index is 1.13. The van der Waals surface area contributed by atoms with Gasteiger partial charge in [0.15, 0.2) is 0 Å². The zero-order chi connectivity index (χ0) is 11.4. The molecule has 0 unspecified atom stereocenters. The van der Waals surface area contributed by atoms with E-state index in [1.807, 2.05) is 0 Å². The van der Waals surface area contributed by atoms with Crippen LogP contribution in [0.1, 0.15) is 11.1 Å². The van der Waals surface area contributed by atoms with E-state index in [1.165, 1.54) is 35.2 Å². The van der Waals surface area contributed by atoms with Gasteiger partial charge in [0, 0.05) is 37.2 Å². The van der Waals surface area contributed by atoms with Gasteiger partial charge in [-0.3, -0.25) is 0 Å². The van der Waals surface area contributed by atoms with Gasteiger partial charge in [0.2, 0.25) is 0 Å². The van der Waals surface area contributed by atoms with Gasteiger partial charge in [-0.15, -0.1) is 0 Å². The molecule has 2 rings (SSSR count). The van der Waals surface area contributed by atoms with Crippen LogP contribution in [0.25, 0.3) is 0 Å². The van der Waals surface area contributed by atoms with Gasteiger partial charge in [0.05, 0.1) is 0 Å². The van der Waals surface area contributed by atoms with Gasteiger partial charge < -0.3 is 10.2 Å². The summed E-state index contributed by atoms with van der Waals surface area (Å²) in [6, 6.07) is 6.59. The van der Waals surface area contributed by atoms with Crippen molar-refractivity contribution in [3.8, 4) is 0 Å². The molecule has 1 aliphatic heterocycles. The molecule has 0 atom stereocenters. The first-order valence-corrected chi connectivity index (χ1v) is 6.73. The molecule has 0 amide bonds. The largest absolute Gasteiger partial charge is 0.314 e. The monoisotopic (exact) mass is 282 g/mol. The lowest BCUT2D eigenvalue weighted by Crippen LogP contribution is -2.44. The molecular formula is C13H19BrN2.